The summed E-state index contributed by atoms with van der Waals surface area (Å²) in [4.78, 5) is 10.5. The summed E-state index contributed by atoms with van der Waals surface area (Å²) in [5.74, 6) is -0.271. The molecule has 2 aromatic rings. The fraction of sp³-hybridized carbons (Fsp3) is 0.200. The molecule has 0 unspecified atom stereocenters. The number of hydrogen-bond acceptors (Lipinski definition) is 6. The molecule has 1 heterocycles. The quantitative estimate of drug-likeness (QED) is 0.802. The predicted octanol–water partition coefficient (Wildman–Crippen LogP) is 0.848. The van der Waals surface area contributed by atoms with Gasteiger partial charge in [0.1, 0.15) is 5.75 Å². The van der Waals surface area contributed by atoms with Crippen LogP contribution in [0.25, 0.3) is 5.69 Å². The van der Waals surface area contributed by atoms with Crippen molar-refractivity contribution in [3.05, 3.63) is 24.3 Å². The Labute approximate surface area is 107 Å². The van der Waals surface area contributed by atoms with Gasteiger partial charge < -0.3 is 9.84 Å². The van der Waals surface area contributed by atoms with Gasteiger partial charge in [-0.05, 0) is 34.7 Å². The molecule has 0 saturated carbocycles. The first-order valence-corrected chi connectivity index (χ1v) is 5.96. The monoisotopic (exact) mass is 266 g/mol. The van der Waals surface area contributed by atoms with Gasteiger partial charge in [-0.15, -0.1) is 5.10 Å². The zero-order valence-electron chi connectivity index (χ0n) is 9.48. The lowest BCUT2D eigenvalue weighted by molar-refractivity contribution is -0.133. The lowest BCUT2D eigenvalue weighted by Gasteiger charge is -2.04. The maximum Gasteiger partial charge on any atom is 0.313 e. The Balaban J connectivity index is 2.21. The second kappa shape index (κ2) is 5.50. The Bertz CT molecular complexity index is 540. The van der Waals surface area contributed by atoms with Crippen LogP contribution in [0.5, 0.6) is 5.75 Å². The van der Waals surface area contributed by atoms with E-state index < -0.39 is 5.97 Å². The van der Waals surface area contributed by atoms with Crippen molar-refractivity contribution in [1.29, 1.82) is 0 Å². The van der Waals surface area contributed by atoms with Crippen molar-refractivity contribution in [2.45, 2.75) is 5.16 Å². The SMILES string of the molecule is COc1ccc(-n2nnnc2SCC(=O)O)cc1. The third-order valence-electron chi connectivity index (χ3n) is 2.08. The minimum Gasteiger partial charge on any atom is -0.497 e. The summed E-state index contributed by atoms with van der Waals surface area (Å²) in [6, 6.07) is 7.14. The number of carbonyl (C=O) groups is 1. The molecule has 0 saturated heterocycles. The number of nitrogens with zero attached hydrogens (tertiary/aromatic N) is 4. The van der Waals surface area contributed by atoms with E-state index in [4.69, 9.17) is 9.84 Å². The van der Waals surface area contributed by atoms with E-state index in [1.54, 1.807) is 31.4 Å². The summed E-state index contributed by atoms with van der Waals surface area (Å²) in [5, 5.41) is 20.2. The van der Waals surface area contributed by atoms with Crippen LogP contribution >= 0.6 is 11.8 Å². The summed E-state index contributed by atoms with van der Waals surface area (Å²) in [6.45, 7) is 0. The number of aromatic nitrogens is 4. The number of carboxylic acids is 1. The van der Waals surface area contributed by atoms with Crippen LogP contribution in [0.3, 0.4) is 0 Å². The van der Waals surface area contributed by atoms with E-state index >= 15 is 0 Å². The Kier molecular flexibility index (Phi) is 3.78. The Morgan fingerprint density at radius 1 is 1.44 bits per heavy atom. The first kappa shape index (κ1) is 12.4. The highest BCUT2D eigenvalue weighted by molar-refractivity contribution is 7.99. The van der Waals surface area contributed by atoms with Crippen LogP contribution in [-0.4, -0.2) is 44.1 Å². The van der Waals surface area contributed by atoms with Gasteiger partial charge in [0.25, 0.3) is 0 Å². The van der Waals surface area contributed by atoms with Crippen molar-refractivity contribution in [1.82, 2.24) is 20.2 Å². The van der Waals surface area contributed by atoms with E-state index in [1.165, 1.54) is 4.68 Å². The molecule has 0 atom stereocenters. The zero-order valence-corrected chi connectivity index (χ0v) is 10.3. The van der Waals surface area contributed by atoms with Crippen LogP contribution in [0.1, 0.15) is 0 Å². The zero-order chi connectivity index (χ0) is 13.0. The molecule has 0 aliphatic carbocycles. The molecule has 0 aliphatic rings. The van der Waals surface area contributed by atoms with Gasteiger partial charge in [-0.3, -0.25) is 4.79 Å². The third kappa shape index (κ3) is 2.77. The van der Waals surface area contributed by atoms with Crippen LogP contribution in [0.4, 0.5) is 0 Å². The Hall–Kier alpha value is -2.09. The number of benzene rings is 1. The van der Waals surface area contributed by atoms with E-state index in [0.29, 0.717) is 5.16 Å². The predicted molar refractivity (Wildman–Crippen MR) is 64.1 cm³/mol. The molecule has 0 spiro atoms. The van der Waals surface area contributed by atoms with Gasteiger partial charge in [0.05, 0.1) is 18.6 Å². The summed E-state index contributed by atoms with van der Waals surface area (Å²) in [5.41, 5.74) is 0.744. The van der Waals surface area contributed by atoms with Crippen LogP contribution < -0.4 is 4.74 Å². The van der Waals surface area contributed by atoms with Crippen LogP contribution in [0.15, 0.2) is 29.4 Å². The summed E-state index contributed by atoms with van der Waals surface area (Å²) in [7, 11) is 1.58. The highest BCUT2D eigenvalue weighted by Crippen LogP contribution is 2.19. The minimum atomic E-state index is -0.913. The van der Waals surface area contributed by atoms with E-state index in [1.807, 2.05) is 0 Å². The number of aliphatic carboxylic acids is 1. The molecular weight excluding hydrogens is 256 g/mol. The number of thioether (sulfide) groups is 1. The topological polar surface area (TPSA) is 90.1 Å². The first-order chi connectivity index (χ1) is 8.70. The van der Waals surface area contributed by atoms with Crippen molar-refractivity contribution in [3.63, 3.8) is 0 Å². The third-order valence-corrected chi connectivity index (χ3v) is 2.99. The number of ether oxygens (including phenoxy) is 1. The highest BCUT2D eigenvalue weighted by atomic mass is 32.2. The molecule has 0 aliphatic heterocycles. The van der Waals surface area contributed by atoms with E-state index in [2.05, 4.69) is 15.5 Å². The van der Waals surface area contributed by atoms with Gasteiger partial charge in [0.2, 0.25) is 5.16 Å². The Morgan fingerprint density at radius 2 is 2.17 bits per heavy atom. The molecule has 1 N–H and O–H groups in total. The van der Waals surface area contributed by atoms with Gasteiger partial charge in [-0.1, -0.05) is 11.8 Å². The van der Waals surface area contributed by atoms with E-state index in [-0.39, 0.29) is 5.75 Å². The number of tetrazole rings is 1. The smallest absolute Gasteiger partial charge is 0.313 e. The minimum absolute atomic E-state index is 0.0868. The molecule has 8 heteroatoms. The lowest BCUT2D eigenvalue weighted by atomic mass is 10.3. The molecule has 0 radical (unpaired) electrons. The number of rotatable bonds is 5. The van der Waals surface area contributed by atoms with Gasteiger partial charge in [-0.2, -0.15) is 4.68 Å². The summed E-state index contributed by atoms with van der Waals surface area (Å²) in [6.07, 6.45) is 0. The lowest BCUT2D eigenvalue weighted by Crippen LogP contribution is -2.02. The fourth-order valence-corrected chi connectivity index (χ4v) is 1.89. The molecule has 94 valence electrons. The fourth-order valence-electron chi connectivity index (χ4n) is 1.28. The average Bonchev–Trinajstić information content (AvgIpc) is 2.85. The molecule has 0 amide bonds. The second-order valence-electron chi connectivity index (χ2n) is 3.25. The molecule has 1 aromatic heterocycles. The van der Waals surface area contributed by atoms with Crippen molar-refractivity contribution < 1.29 is 14.6 Å². The van der Waals surface area contributed by atoms with Gasteiger partial charge in [0, 0.05) is 0 Å². The van der Waals surface area contributed by atoms with Crippen molar-refractivity contribution in [3.8, 4) is 11.4 Å². The number of hydrogen-bond donors (Lipinski definition) is 1. The van der Waals surface area contributed by atoms with Crippen LogP contribution in [-0.2, 0) is 4.79 Å². The first-order valence-electron chi connectivity index (χ1n) is 4.98. The van der Waals surface area contributed by atoms with Gasteiger partial charge in [-0.25, -0.2) is 0 Å². The largest absolute Gasteiger partial charge is 0.497 e. The molecule has 18 heavy (non-hydrogen) atoms. The molecular formula is C10H10N4O3S. The summed E-state index contributed by atoms with van der Waals surface area (Å²) < 4.78 is 6.53. The standard InChI is InChI=1S/C10H10N4O3S/c1-17-8-4-2-7(3-5-8)14-10(11-12-13-14)18-6-9(15)16/h2-5H,6H2,1H3,(H,15,16). The maximum atomic E-state index is 10.5. The normalized spacial score (nSPS) is 10.3. The molecule has 1 aromatic carbocycles. The van der Waals surface area contributed by atoms with Crippen molar-refractivity contribution in [2.75, 3.05) is 12.9 Å². The van der Waals surface area contributed by atoms with Crippen LogP contribution in [0.2, 0.25) is 0 Å². The highest BCUT2D eigenvalue weighted by Gasteiger charge is 2.10. The van der Waals surface area contributed by atoms with Crippen molar-refractivity contribution >= 4 is 17.7 Å². The molecule has 0 fully saturated rings. The molecule has 2 rings (SSSR count). The van der Waals surface area contributed by atoms with Crippen LogP contribution in [0, 0.1) is 0 Å². The van der Waals surface area contributed by atoms with Gasteiger partial charge in [0.15, 0.2) is 0 Å². The van der Waals surface area contributed by atoms with E-state index in [0.717, 1.165) is 23.2 Å². The average molecular weight is 266 g/mol. The van der Waals surface area contributed by atoms with E-state index in [9.17, 15) is 4.79 Å². The number of carboxylic acid groups (broad SMARTS) is 1. The molecule has 7 nitrogen and oxygen atoms in total. The Morgan fingerprint density at radius 3 is 2.78 bits per heavy atom. The van der Waals surface area contributed by atoms with Crippen molar-refractivity contribution in [2.24, 2.45) is 0 Å². The summed E-state index contributed by atoms with van der Waals surface area (Å²) >= 11 is 1.06. The van der Waals surface area contributed by atoms with Gasteiger partial charge >= 0.3 is 5.97 Å². The maximum absolute atomic E-state index is 10.5. The second-order valence-corrected chi connectivity index (χ2v) is 4.20. The number of methoxy groups -OCH3 is 1. The molecule has 0 bridgehead atoms.